The maximum Gasteiger partial charge on any atom is 0.325 e. The largest absolute Gasteiger partial charge is 0.378 e. The highest BCUT2D eigenvalue weighted by atomic mass is 16.5. The number of carbonyl (C=O) groups is 2. The second-order valence-electron chi connectivity index (χ2n) is 5.93. The van der Waals surface area contributed by atoms with E-state index in [1.165, 1.54) is 0 Å². The Morgan fingerprint density at radius 2 is 2.05 bits per heavy atom. The predicted molar refractivity (Wildman–Crippen MR) is 69.7 cm³/mol. The molecule has 3 fully saturated rings. The lowest BCUT2D eigenvalue weighted by Crippen LogP contribution is -2.47. The summed E-state index contributed by atoms with van der Waals surface area (Å²) in [6.45, 7) is 1.55. The Labute approximate surface area is 113 Å². The number of nitrogens with one attached hydrogen (secondary N) is 1. The van der Waals surface area contributed by atoms with Crippen LogP contribution in [0.15, 0.2) is 0 Å². The van der Waals surface area contributed by atoms with Crippen molar-refractivity contribution in [3.8, 4) is 0 Å². The highest BCUT2D eigenvalue weighted by molar-refractivity contribution is 6.07. The molecule has 5 nitrogen and oxygen atoms in total. The maximum atomic E-state index is 12.0. The van der Waals surface area contributed by atoms with E-state index in [1.54, 1.807) is 4.90 Å². The van der Waals surface area contributed by atoms with Crippen molar-refractivity contribution >= 4 is 11.9 Å². The Balaban J connectivity index is 1.58. The number of imide groups is 1. The lowest BCUT2D eigenvalue weighted by atomic mass is 9.95. The van der Waals surface area contributed by atoms with E-state index in [9.17, 15) is 9.59 Å². The Kier molecular flexibility index (Phi) is 3.48. The molecule has 0 radical (unpaired) electrons. The topological polar surface area (TPSA) is 58.6 Å². The van der Waals surface area contributed by atoms with E-state index in [0.717, 1.165) is 58.0 Å². The van der Waals surface area contributed by atoms with Gasteiger partial charge in [-0.3, -0.25) is 10.1 Å². The molecule has 1 N–H and O–H groups in total. The Morgan fingerprint density at radius 3 is 2.74 bits per heavy atom. The molecule has 5 heteroatoms. The van der Waals surface area contributed by atoms with Crippen molar-refractivity contribution < 1.29 is 14.3 Å². The third-order valence-corrected chi connectivity index (χ3v) is 4.77. The van der Waals surface area contributed by atoms with Gasteiger partial charge in [-0.2, -0.15) is 0 Å². The zero-order valence-electron chi connectivity index (χ0n) is 11.3. The van der Waals surface area contributed by atoms with Gasteiger partial charge < -0.3 is 9.64 Å². The third-order valence-electron chi connectivity index (χ3n) is 4.77. The van der Waals surface area contributed by atoms with Crippen LogP contribution in [-0.4, -0.2) is 41.6 Å². The zero-order valence-corrected chi connectivity index (χ0v) is 11.3. The molecule has 1 unspecified atom stereocenters. The van der Waals surface area contributed by atoms with Gasteiger partial charge >= 0.3 is 6.03 Å². The Bertz CT molecular complexity index is 371. The smallest absolute Gasteiger partial charge is 0.325 e. The SMILES string of the molecule is O=C1NC(=O)C2(CCCC2)N1CCCC1CCCO1. The van der Waals surface area contributed by atoms with E-state index >= 15 is 0 Å². The molecule has 106 valence electrons. The molecule has 19 heavy (non-hydrogen) atoms. The fourth-order valence-electron chi connectivity index (χ4n) is 3.72. The van der Waals surface area contributed by atoms with Crippen molar-refractivity contribution in [2.24, 2.45) is 0 Å². The lowest BCUT2D eigenvalue weighted by molar-refractivity contribution is -0.126. The minimum atomic E-state index is -0.520. The fraction of sp³-hybridized carbons (Fsp3) is 0.857. The van der Waals surface area contributed by atoms with Crippen LogP contribution in [0.2, 0.25) is 0 Å². The van der Waals surface area contributed by atoms with Crippen LogP contribution in [0.25, 0.3) is 0 Å². The van der Waals surface area contributed by atoms with Crippen LogP contribution < -0.4 is 5.32 Å². The van der Waals surface area contributed by atoms with Crippen LogP contribution in [0, 0.1) is 0 Å². The van der Waals surface area contributed by atoms with Crippen LogP contribution in [-0.2, 0) is 9.53 Å². The summed E-state index contributed by atoms with van der Waals surface area (Å²) in [4.78, 5) is 25.8. The molecule has 2 heterocycles. The molecular weight excluding hydrogens is 244 g/mol. The second kappa shape index (κ2) is 5.12. The minimum absolute atomic E-state index is 0.0767. The summed E-state index contributed by atoms with van der Waals surface area (Å²) in [6, 6.07) is -0.195. The Hall–Kier alpha value is -1.10. The number of hydrogen-bond acceptors (Lipinski definition) is 3. The van der Waals surface area contributed by atoms with Gasteiger partial charge in [0.2, 0.25) is 0 Å². The van der Waals surface area contributed by atoms with Gasteiger partial charge in [-0.1, -0.05) is 12.8 Å². The molecular formula is C14H22N2O3. The molecule has 0 aromatic carbocycles. The first-order valence-electron chi connectivity index (χ1n) is 7.47. The van der Waals surface area contributed by atoms with Gasteiger partial charge in [-0.15, -0.1) is 0 Å². The van der Waals surface area contributed by atoms with E-state index in [2.05, 4.69) is 5.32 Å². The monoisotopic (exact) mass is 266 g/mol. The highest BCUT2D eigenvalue weighted by Crippen LogP contribution is 2.38. The summed E-state index contributed by atoms with van der Waals surface area (Å²) in [5.41, 5.74) is -0.520. The third kappa shape index (κ3) is 2.24. The van der Waals surface area contributed by atoms with Crippen molar-refractivity contribution in [3.05, 3.63) is 0 Å². The first kappa shape index (κ1) is 12.9. The van der Waals surface area contributed by atoms with Crippen LogP contribution in [0.5, 0.6) is 0 Å². The molecule has 2 saturated heterocycles. The van der Waals surface area contributed by atoms with Gasteiger partial charge in [0, 0.05) is 13.2 Å². The molecule has 2 aliphatic heterocycles. The maximum absolute atomic E-state index is 12.0. The highest BCUT2D eigenvalue weighted by Gasteiger charge is 2.53. The van der Waals surface area contributed by atoms with E-state index in [-0.39, 0.29) is 11.9 Å². The van der Waals surface area contributed by atoms with E-state index in [1.807, 2.05) is 0 Å². The van der Waals surface area contributed by atoms with E-state index in [0.29, 0.717) is 12.6 Å². The molecule has 3 aliphatic rings. The van der Waals surface area contributed by atoms with Gasteiger partial charge in [-0.05, 0) is 38.5 Å². The zero-order chi connectivity index (χ0) is 13.3. The molecule has 1 atom stereocenters. The quantitative estimate of drug-likeness (QED) is 0.789. The average Bonchev–Trinajstić information content (AvgIpc) is 3.09. The van der Waals surface area contributed by atoms with Crippen LogP contribution in [0.3, 0.4) is 0 Å². The number of ether oxygens (including phenoxy) is 1. The predicted octanol–water partition coefficient (Wildman–Crippen LogP) is 1.81. The molecule has 1 spiro atoms. The molecule has 0 aromatic rings. The van der Waals surface area contributed by atoms with E-state index in [4.69, 9.17) is 4.74 Å². The van der Waals surface area contributed by atoms with Crippen molar-refractivity contribution in [3.63, 3.8) is 0 Å². The normalized spacial score (nSPS) is 29.5. The standard InChI is InChI=1S/C14H22N2O3/c17-12-14(7-1-2-8-14)16(13(18)15-12)9-3-5-11-6-4-10-19-11/h11H,1-10H2,(H,15,17,18). The first-order chi connectivity index (χ1) is 9.22. The summed E-state index contributed by atoms with van der Waals surface area (Å²) in [6.07, 6.45) is 8.30. The number of carbonyl (C=O) groups excluding carboxylic acids is 2. The average molecular weight is 266 g/mol. The van der Waals surface area contributed by atoms with Gasteiger partial charge in [0.15, 0.2) is 0 Å². The molecule has 3 amide bonds. The van der Waals surface area contributed by atoms with Gasteiger partial charge in [0.1, 0.15) is 5.54 Å². The number of urea groups is 1. The molecule has 1 aliphatic carbocycles. The summed E-state index contributed by atoms with van der Waals surface area (Å²) in [5, 5.41) is 2.49. The number of nitrogens with zero attached hydrogens (tertiary/aromatic N) is 1. The number of hydrogen-bond donors (Lipinski definition) is 1. The van der Waals surface area contributed by atoms with Gasteiger partial charge in [0.25, 0.3) is 5.91 Å². The minimum Gasteiger partial charge on any atom is -0.378 e. The molecule has 1 saturated carbocycles. The van der Waals surface area contributed by atoms with Gasteiger partial charge in [-0.25, -0.2) is 4.79 Å². The molecule has 3 rings (SSSR count). The van der Waals surface area contributed by atoms with Gasteiger partial charge in [0.05, 0.1) is 6.10 Å². The van der Waals surface area contributed by atoms with Crippen molar-refractivity contribution in [2.45, 2.75) is 63.0 Å². The van der Waals surface area contributed by atoms with Crippen molar-refractivity contribution in [1.82, 2.24) is 10.2 Å². The van der Waals surface area contributed by atoms with Crippen LogP contribution in [0.4, 0.5) is 4.79 Å². The number of amides is 3. The molecule has 0 aromatic heterocycles. The second-order valence-corrected chi connectivity index (χ2v) is 5.93. The summed E-state index contributed by atoms with van der Waals surface area (Å²) >= 11 is 0. The summed E-state index contributed by atoms with van der Waals surface area (Å²) < 4.78 is 5.60. The number of rotatable bonds is 4. The van der Waals surface area contributed by atoms with Crippen LogP contribution in [0.1, 0.15) is 51.4 Å². The van der Waals surface area contributed by atoms with Crippen molar-refractivity contribution in [1.29, 1.82) is 0 Å². The first-order valence-corrected chi connectivity index (χ1v) is 7.47. The Morgan fingerprint density at radius 1 is 1.26 bits per heavy atom. The lowest BCUT2D eigenvalue weighted by Gasteiger charge is -2.31. The fourth-order valence-corrected chi connectivity index (χ4v) is 3.72. The van der Waals surface area contributed by atoms with Crippen LogP contribution >= 0.6 is 0 Å². The summed E-state index contributed by atoms with van der Waals surface area (Å²) in [5.74, 6) is -0.0767. The van der Waals surface area contributed by atoms with E-state index < -0.39 is 5.54 Å². The summed E-state index contributed by atoms with van der Waals surface area (Å²) in [7, 11) is 0. The van der Waals surface area contributed by atoms with Crippen molar-refractivity contribution in [2.75, 3.05) is 13.2 Å². The molecule has 0 bridgehead atoms.